The molecule has 1 atom stereocenters. The van der Waals surface area contributed by atoms with Gasteiger partial charge in [-0.25, -0.2) is 0 Å². The summed E-state index contributed by atoms with van der Waals surface area (Å²) in [5, 5.41) is 11.0. The highest BCUT2D eigenvalue weighted by atomic mass is 16.5. The molecule has 1 fully saturated rings. The van der Waals surface area contributed by atoms with Gasteiger partial charge >= 0.3 is 0 Å². The van der Waals surface area contributed by atoms with Crippen molar-refractivity contribution < 1.29 is 24.2 Å². The number of pyridine rings is 1. The van der Waals surface area contributed by atoms with Crippen molar-refractivity contribution in [2.45, 2.75) is 19.4 Å². The monoisotopic (exact) mass is 396 g/mol. The highest BCUT2D eigenvalue weighted by Gasteiger charge is 2.45. The first-order valence-electron chi connectivity index (χ1n) is 9.49. The van der Waals surface area contributed by atoms with Crippen LogP contribution in [0.5, 0.6) is 5.75 Å². The fraction of sp³-hybridized carbons (Fsp3) is 0.318. The van der Waals surface area contributed by atoms with E-state index in [1.54, 1.807) is 48.8 Å². The van der Waals surface area contributed by atoms with Gasteiger partial charge in [0.05, 0.1) is 24.8 Å². The van der Waals surface area contributed by atoms with Gasteiger partial charge in [0.1, 0.15) is 11.5 Å². The molecule has 1 aliphatic heterocycles. The second kappa shape index (κ2) is 9.34. The molecule has 1 amide bonds. The molecule has 3 rings (SSSR count). The van der Waals surface area contributed by atoms with Crippen LogP contribution in [0.15, 0.2) is 54.4 Å². The largest absolute Gasteiger partial charge is 0.507 e. The van der Waals surface area contributed by atoms with E-state index in [-0.39, 0.29) is 24.5 Å². The topological polar surface area (TPSA) is 89.0 Å². The molecule has 29 heavy (non-hydrogen) atoms. The molecule has 2 heterocycles. The van der Waals surface area contributed by atoms with Crippen molar-refractivity contribution >= 4 is 17.4 Å². The molecule has 152 valence electrons. The van der Waals surface area contributed by atoms with Gasteiger partial charge in [-0.1, -0.05) is 19.1 Å². The maximum Gasteiger partial charge on any atom is 0.295 e. The molecule has 1 aromatic carbocycles. The maximum absolute atomic E-state index is 12.8. The second-order valence-corrected chi connectivity index (χ2v) is 6.64. The Balaban J connectivity index is 2.08. The molecule has 7 heteroatoms. The number of amides is 1. The Morgan fingerprint density at radius 1 is 1.17 bits per heavy atom. The Morgan fingerprint density at radius 2 is 1.93 bits per heavy atom. The van der Waals surface area contributed by atoms with E-state index in [1.807, 2.05) is 6.92 Å². The van der Waals surface area contributed by atoms with Gasteiger partial charge in [-0.05, 0) is 36.2 Å². The highest BCUT2D eigenvalue weighted by molar-refractivity contribution is 6.46. The van der Waals surface area contributed by atoms with E-state index in [0.717, 1.165) is 6.42 Å². The first kappa shape index (κ1) is 20.5. The van der Waals surface area contributed by atoms with Gasteiger partial charge in [0, 0.05) is 31.6 Å². The highest BCUT2D eigenvalue weighted by Crippen LogP contribution is 2.39. The SMILES string of the molecule is CCCOc1cccc(C(O)=C2C(=O)C(=O)N(CCOC)[C@H]2c2ccncc2)c1. The molecule has 2 aromatic rings. The lowest BCUT2D eigenvalue weighted by atomic mass is 9.96. The number of aromatic nitrogens is 1. The van der Waals surface area contributed by atoms with Gasteiger partial charge in [-0.2, -0.15) is 0 Å². The van der Waals surface area contributed by atoms with Crippen LogP contribution in [0.4, 0.5) is 0 Å². The molecule has 0 aliphatic carbocycles. The van der Waals surface area contributed by atoms with Crippen LogP contribution in [0.3, 0.4) is 0 Å². The Kier molecular flexibility index (Phi) is 6.61. The summed E-state index contributed by atoms with van der Waals surface area (Å²) >= 11 is 0. The molecule has 0 unspecified atom stereocenters. The fourth-order valence-corrected chi connectivity index (χ4v) is 3.30. The Labute approximate surface area is 169 Å². The minimum atomic E-state index is -0.722. The predicted octanol–water partition coefficient (Wildman–Crippen LogP) is 2.94. The summed E-state index contributed by atoms with van der Waals surface area (Å²) in [4.78, 5) is 30.9. The minimum absolute atomic E-state index is 0.0462. The molecular weight excluding hydrogens is 372 g/mol. The fourth-order valence-electron chi connectivity index (χ4n) is 3.30. The summed E-state index contributed by atoms with van der Waals surface area (Å²) in [6, 6.07) is 9.60. The van der Waals surface area contributed by atoms with Crippen LogP contribution in [0.25, 0.3) is 5.76 Å². The number of aliphatic hydroxyl groups is 1. The standard InChI is InChI=1S/C22H24N2O5/c1-3-12-29-17-6-4-5-16(14-17)20(25)18-19(15-7-9-23-10-8-15)24(11-13-28-2)22(27)21(18)26/h4-10,14,19,25H,3,11-13H2,1-2H3/t19-/m0/s1. The first-order chi connectivity index (χ1) is 14.1. The number of benzene rings is 1. The molecule has 1 saturated heterocycles. The van der Waals surface area contributed by atoms with E-state index in [0.29, 0.717) is 23.5 Å². The first-order valence-corrected chi connectivity index (χ1v) is 9.49. The quantitative estimate of drug-likeness (QED) is 0.419. The van der Waals surface area contributed by atoms with Crippen LogP contribution >= 0.6 is 0 Å². The number of methoxy groups -OCH3 is 1. The maximum atomic E-state index is 12.8. The zero-order valence-corrected chi connectivity index (χ0v) is 16.5. The van der Waals surface area contributed by atoms with Gasteiger partial charge < -0.3 is 19.5 Å². The number of carbonyl (C=O) groups excluding carboxylic acids is 2. The van der Waals surface area contributed by atoms with Crippen LogP contribution in [0.2, 0.25) is 0 Å². The Bertz CT molecular complexity index is 910. The molecule has 0 radical (unpaired) electrons. The lowest BCUT2D eigenvalue weighted by Gasteiger charge is -2.24. The molecule has 1 N–H and O–H groups in total. The summed E-state index contributed by atoms with van der Waals surface area (Å²) in [6.07, 6.45) is 4.03. The number of Topliss-reactive ketones (excluding diaryl/α,β-unsaturated/α-hetero) is 1. The number of carbonyl (C=O) groups is 2. The third kappa shape index (κ3) is 4.30. The van der Waals surface area contributed by atoms with Crippen molar-refractivity contribution in [2.24, 2.45) is 0 Å². The van der Waals surface area contributed by atoms with Crippen molar-refractivity contribution in [3.05, 3.63) is 65.5 Å². The van der Waals surface area contributed by atoms with Gasteiger partial charge in [-0.3, -0.25) is 14.6 Å². The van der Waals surface area contributed by atoms with Gasteiger partial charge in [0.25, 0.3) is 11.7 Å². The summed E-state index contributed by atoms with van der Waals surface area (Å²) in [5.74, 6) is -1.03. The molecular formula is C22H24N2O5. The molecule has 1 aromatic heterocycles. The van der Waals surface area contributed by atoms with Crippen molar-refractivity contribution in [3.63, 3.8) is 0 Å². The molecule has 0 saturated carbocycles. The molecule has 0 bridgehead atoms. The smallest absolute Gasteiger partial charge is 0.295 e. The van der Waals surface area contributed by atoms with Crippen molar-refractivity contribution in [1.29, 1.82) is 0 Å². The van der Waals surface area contributed by atoms with E-state index in [4.69, 9.17) is 9.47 Å². The van der Waals surface area contributed by atoms with E-state index >= 15 is 0 Å². The van der Waals surface area contributed by atoms with E-state index < -0.39 is 17.7 Å². The van der Waals surface area contributed by atoms with Gasteiger partial charge in [0.15, 0.2) is 0 Å². The van der Waals surface area contributed by atoms with E-state index in [9.17, 15) is 14.7 Å². The summed E-state index contributed by atoms with van der Waals surface area (Å²) in [6.45, 7) is 3.04. The zero-order chi connectivity index (χ0) is 20.8. The number of likely N-dealkylation sites (tertiary alicyclic amines) is 1. The van der Waals surface area contributed by atoms with Crippen LogP contribution in [-0.2, 0) is 14.3 Å². The molecule has 1 aliphatic rings. The average Bonchev–Trinajstić information content (AvgIpc) is 3.01. The number of aliphatic hydroxyl groups excluding tert-OH is 1. The zero-order valence-electron chi connectivity index (χ0n) is 16.5. The van der Waals surface area contributed by atoms with Crippen LogP contribution in [0, 0.1) is 0 Å². The molecule has 7 nitrogen and oxygen atoms in total. The summed E-state index contributed by atoms with van der Waals surface area (Å²) in [7, 11) is 1.53. The van der Waals surface area contributed by atoms with E-state index in [1.165, 1.54) is 12.0 Å². The molecule has 0 spiro atoms. The summed E-state index contributed by atoms with van der Waals surface area (Å²) < 4.78 is 10.7. The number of nitrogens with zero attached hydrogens (tertiary/aromatic N) is 2. The lowest BCUT2D eigenvalue weighted by molar-refractivity contribution is -0.140. The Morgan fingerprint density at radius 3 is 2.62 bits per heavy atom. The number of ether oxygens (including phenoxy) is 2. The van der Waals surface area contributed by atoms with Crippen molar-refractivity contribution in [2.75, 3.05) is 26.9 Å². The third-order valence-electron chi connectivity index (χ3n) is 4.68. The number of rotatable bonds is 8. The van der Waals surface area contributed by atoms with Gasteiger partial charge in [0.2, 0.25) is 0 Å². The number of ketones is 1. The summed E-state index contributed by atoms with van der Waals surface area (Å²) in [5.41, 5.74) is 1.16. The van der Waals surface area contributed by atoms with Gasteiger partial charge in [-0.15, -0.1) is 0 Å². The Hall–Kier alpha value is -3.19. The second-order valence-electron chi connectivity index (χ2n) is 6.64. The minimum Gasteiger partial charge on any atom is -0.507 e. The third-order valence-corrected chi connectivity index (χ3v) is 4.68. The normalized spacial score (nSPS) is 18.3. The van der Waals surface area contributed by atoms with Crippen molar-refractivity contribution in [3.8, 4) is 5.75 Å². The lowest BCUT2D eigenvalue weighted by Crippen LogP contribution is -2.32. The van der Waals surface area contributed by atoms with E-state index in [2.05, 4.69) is 4.98 Å². The number of hydrogen-bond acceptors (Lipinski definition) is 6. The van der Waals surface area contributed by atoms with Crippen LogP contribution in [0.1, 0.15) is 30.5 Å². The predicted molar refractivity (Wildman–Crippen MR) is 107 cm³/mol. The van der Waals surface area contributed by atoms with Crippen molar-refractivity contribution in [1.82, 2.24) is 9.88 Å². The van der Waals surface area contributed by atoms with Crippen LogP contribution < -0.4 is 4.74 Å². The average molecular weight is 396 g/mol. The van der Waals surface area contributed by atoms with Crippen LogP contribution in [-0.4, -0.2) is 53.5 Å². The number of hydrogen-bond donors (Lipinski definition) is 1.